The van der Waals surface area contributed by atoms with Gasteiger partial charge in [0.25, 0.3) is 0 Å². The number of carbonyl (C=O) groups is 1. The van der Waals surface area contributed by atoms with Gasteiger partial charge >= 0.3 is 5.97 Å². The SMILES string of the molecule is O=C(O)c1ncccc1N1CCOC2CCCCC21. The number of aromatic nitrogens is 1. The maximum absolute atomic E-state index is 11.3. The Balaban J connectivity index is 1.94. The molecule has 1 aliphatic carbocycles. The molecule has 2 atom stereocenters. The van der Waals surface area contributed by atoms with E-state index < -0.39 is 5.97 Å². The number of carboxylic acid groups (broad SMARTS) is 1. The van der Waals surface area contributed by atoms with Crippen LogP contribution in [0.2, 0.25) is 0 Å². The molecule has 1 aliphatic heterocycles. The molecule has 5 nitrogen and oxygen atoms in total. The van der Waals surface area contributed by atoms with E-state index in [1.165, 1.54) is 19.0 Å². The van der Waals surface area contributed by atoms with Gasteiger partial charge in [-0.25, -0.2) is 9.78 Å². The van der Waals surface area contributed by atoms with Crippen LogP contribution in [0.1, 0.15) is 36.2 Å². The zero-order valence-electron chi connectivity index (χ0n) is 10.8. The lowest BCUT2D eigenvalue weighted by molar-refractivity contribution is -0.00881. The minimum Gasteiger partial charge on any atom is -0.476 e. The second kappa shape index (κ2) is 5.17. The maximum Gasteiger partial charge on any atom is 0.356 e. The first-order chi connectivity index (χ1) is 9.27. The molecular weight excluding hydrogens is 244 g/mol. The van der Waals surface area contributed by atoms with Gasteiger partial charge in [0, 0.05) is 12.7 Å². The van der Waals surface area contributed by atoms with Crippen molar-refractivity contribution in [1.29, 1.82) is 0 Å². The zero-order chi connectivity index (χ0) is 13.2. The molecule has 19 heavy (non-hydrogen) atoms. The third-order valence-corrected chi connectivity index (χ3v) is 4.03. The zero-order valence-corrected chi connectivity index (χ0v) is 10.8. The highest BCUT2D eigenvalue weighted by Crippen LogP contribution is 2.32. The van der Waals surface area contributed by atoms with Gasteiger partial charge in [-0.1, -0.05) is 12.8 Å². The Morgan fingerprint density at radius 3 is 3.11 bits per heavy atom. The first kappa shape index (κ1) is 12.4. The van der Waals surface area contributed by atoms with E-state index in [-0.39, 0.29) is 11.8 Å². The van der Waals surface area contributed by atoms with Crippen LogP contribution in [-0.2, 0) is 4.74 Å². The number of hydrogen-bond acceptors (Lipinski definition) is 4. The van der Waals surface area contributed by atoms with E-state index >= 15 is 0 Å². The van der Waals surface area contributed by atoms with E-state index in [0.29, 0.717) is 12.6 Å². The highest BCUT2D eigenvalue weighted by Gasteiger charge is 2.35. The standard InChI is InChI=1S/C14H18N2O3/c17-14(18)13-11(5-3-7-15-13)16-8-9-19-12-6-2-1-4-10(12)16/h3,5,7,10,12H,1-2,4,6,8-9H2,(H,17,18). The van der Waals surface area contributed by atoms with Crippen LogP contribution in [0, 0.1) is 0 Å². The van der Waals surface area contributed by atoms with E-state index in [4.69, 9.17) is 4.74 Å². The summed E-state index contributed by atoms with van der Waals surface area (Å²) in [4.78, 5) is 17.5. The predicted molar refractivity (Wildman–Crippen MR) is 70.5 cm³/mol. The van der Waals surface area contributed by atoms with Crippen molar-refractivity contribution < 1.29 is 14.6 Å². The Labute approximate surface area is 112 Å². The summed E-state index contributed by atoms with van der Waals surface area (Å²) >= 11 is 0. The van der Waals surface area contributed by atoms with Crippen molar-refractivity contribution in [3.8, 4) is 0 Å². The van der Waals surface area contributed by atoms with E-state index in [0.717, 1.165) is 25.1 Å². The fourth-order valence-corrected chi connectivity index (χ4v) is 3.19. The molecule has 0 amide bonds. The number of fused-ring (bicyclic) bond motifs is 1. The number of nitrogens with zero attached hydrogens (tertiary/aromatic N) is 2. The van der Waals surface area contributed by atoms with Crippen LogP contribution in [0.3, 0.4) is 0 Å². The Morgan fingerprint density at radius 1 is 1.42 bits per heavy atom. The molecule has 0 aromatic carbocycles. The van der Waals surface area contributed by atoms with Gasteiger partial charge in [0.15, 0.2) is 5.69 Å². The number of aromatic carboxylic acids is 1. The summed E-state index contributed by atoms with van der Waals surface area (Å²) in [5, 5.41) is 9.27. The van der Waals surface area contributed by atoms with Crippen molar-refractivity contribution in [2.45, 2.75) is 37.8 Å². The third-order valence-electron chi connectivity index (χ3n) is 4.03. The van der Waals surface area contributed by atoms with E-state index in [1.807, 2.05) is 6.07 Å². The number of pyridine rings is 1. The average molecular weight is 262 g/mol. The van der Waals surface area contributed by atoms with E-state index in [1.54, 1.807) is 6.07 Å². The molecule has 1 aromatic heterocycles. The number of anilines is 1. The highest BCUT2D eigenvalue weighted by molar-refractivity contribution is 5.92. The van der Waals surface area contributed by atoms with Crippen LogP contribution < -0.4 is 4.90 Å². The molecule has 3 rings (SSSR count). The van der Waals surface area contributed by atoms with Gasteiger partial charge < -0.3 is 14.7 Å². The van der Waals surface area contributed by atoms with Crippen LogP contribution in [-0.4, -0.2) is 41.4 Å². The Kier molecular flexibility index (Phi) is 3.38. The molecule has 1 N–H and O–H groups in total. The molecule has 2 heterocycles. The molecule has 0 spiro atoms. The summed E-state index contributed by atoms with van der Waals surface area (Å²) in [7, 11) is 0. The third kappa shape index (κ3) is 2.30. The number of morpholine rings is 1. The summed E-state index contributed by atoms with van der Waals surface area (Å²) in [6.07, 6.45) is 6.30. The van der Waals surface area contributed by atoms with E-state index in [2.05, 4.69) is 9.88 Å². The van der Waals surface area contributed by atoms with Crippen molar-refractivity contribution in [1.82, 2.24) is 4.98 Å². The fraction of sp³-hybridized carbons (Fsp3) is 0.571. The highest BCUT2D eigenvalue weighted by atomic mass is 16.5. The van der Waals surface area contributed by atoms with Gasteiger partial charge in [0.1, 0.15) is 0 Å². The van der Waals surface area contributed by atoms with Crippen molar-refractivity contribution in [3.63, 3.8) is 0 Å². The van der Waals surface area contributed by atoms with Gasteiger partial charge in [-0.05, 0) is 25.0 Å². The first-order valence-corrected chi connectivity index (χ1v) is 6.84. The normalized spacial score (nSPS) is 26.8. The molecule has 102 valence electrons. The molecule has 5 heteroatoms. The summed E-state index contributed by atoms with van der Waals surface area (Å²) in [6, 6.07) is 3.95. The second-order valence-electron chi connectivity index (χ2n) is 5.13. The van der Waals surface area contributed by atoms with Crippen molar-refractivity contribution in [2.75, 3.05) is 18.1 Å². The smallest absolute Gasteiger partial charge is 0.356 e. The number of ether oxygens (including phenoxy) is 1. The summed E-state index contributed by atoms with van der Waals surface area (Å²) in [6.45, 7) is 1.41. The Hall–Kier alpha value is -1.62. The van der Waals surface area contributed by atoms with Gasteiger partial charge in [-0.3, -0.25) is 0 Å². The molecule has 2 aliphatic rings. The molecule has 1 saturated carbocycles. The van der Waals surface area contributed by atoms with Crippen molar-refractivity contribution in [3.05, 3.63) is 24.0 Å². The number of hydrogen-bond donors (Lipinski definition) is 1. The van der Waals surface area contributed by atoms with Gasteiger partial charge in [0.05, 0.1) is 24.4 Å². The van der Waals surface area contributed by atoms with Crippen LogP contribution in [0.5, 0.6) is 0 Å². The molecule has 2 fully saturated rings. The molecule has 0 radical (unpaired) electrons. The van der Waals surface area contributed by atoms with Crippen LogP contribution in [0.15, 0.2) is 18.3 Å². The second-order valence-corrected chi connectivity index (χ2v) is 5.13. The van der Waals surface area contributed by atoms with Crippen molar-refractivity contribution >= 4 is 11.7 Å². The summed E-state index contributed by atoms with van der Waals surface area (Å²) < 4.78 is 5.82. The predicted octanol–water partition coefficient (Wildman–Crippen LogP) is 1.93. The Bertz CT molecular complexity index is 476. The Morgan fingerprint density at radius 2 is 2.26 bits per heavy atom. The molecular formula is C14H18N2O3. The van der Waals surface area contributed by atoms with Gasteiger partial charge in [-0.2, -0.15) is 0 Å². The quantitative estimate of drug-likeness (QED) is 0.882. The molecule has 1 saturated heterocycles. The maximum atomic E-state index is 11.3. The molecule has 1 aromatic rings. The summed E-state index contributed by atoms with van der Waals surface area (Å²) in [5.41, 5.74) is 0.879. The lowest BCUT2D eigenvalue weighted by atomic mass is 9.89. The number of rotatable bonds is 2. The first-order valence-electron chi connectivity index (χ1n) is 6.84. The van der Waals surface area contributed by atoms with Crippen LogP contribution in [0.4, 0.5) is 5.69 Å². The largest absolute Gasteiger partial charge is 0.476 e. The monoisotopic (exact) mass is 262 g/mol. The van der Waals surface area contributed by atoms with Crippen molar-refractivity contribution in [2.24, 2.45) is 0 Å². The van der Waals surface area contributed by atoms with Crippen LogP contribution in [0.25, 0.3) is 0 Å². The van der Waals surface area contributed by atoms with Crippen LogP contribution >= 0.6 is 0 Å². The average Bonchev–Trinajstić information content (AvgIpc) is 2.46. The summed E-state index contributed by atoms with van der Waals surface area (Å²) in [5.74, 6) is -0.963. The number of carboxylic acids is 1. The van der Waals surface area contributed by atoms with E-state index in [9.17, 15) is 9.90 Å². The molecule has 2 unspecified atom stereocenters. The minimum atomic E-state index is -0.963. The van der Waals surface area contributed by atoms with Gasteiger partial charge in [0.2, 0.25) is 0 Å². The fourth-order valence-electron chi connectivity index (χ4n) is 3.19. The topological polar surface area (TPSA) is 62.7 Å². The van der Waals surface area contributed by atoms with Gasteiger partial charge in [-0.15, -0.1) is 0 Å². The minimum absolute atomic E-state index is 0.147. The lowest BCUT2D eigenvalue weighted by Crippen LogP contribution is -2.53. The lowest BCUT2D eigenvalue weighted by Gasteiger charge is -2.45. The molecule has 0 bridgehead atoms.